The number of methoxy groups -OCH3 is 1. The Morgan fingerprint density at radius 3 is 2.28 bits per heavy atom. The van der Waals surface area contributed by atoms with Crippen molar-refractivity contribution in [3.05, 3.63) is 0 Å². The zero-order valence-electron chi connectivity index (χ0n) is 11.4. The van der Waals surface area contributed by atoms with Crippen LogP contribution in [-0.4, -0.2) is 35.2 Å². The van der Waals surface area contributed by atoms with Crippen LogP contribution in [0.4, 0.5) is 0 Å². The fraction of sp³-hybridized carbons (Fsp3) is 0.846. The van der Waals surface area contributed by atoms with Crippen molar-refractivity contribution in [2.75, 3.05) is 7.11 Å². The van der Waals surface area contributed by atoms with Crippen LogP contribution in [0.15, 0.2) is 0 Å². The molecule has 0 aromatic rings. The Bertz CT molecular complexity index is 319. The minimum Gasteiger partial charge on any atom is -0.480 e. The molecule has 1 aliphatic carbocycles. The van der Waals surface area contributed by atoms with E-state index >= 15 is 0 Å². The van der Waals surface area contributed by atoms with Crippen LogP contribution in [0.25, 0.3) is 0 Å². The van der Waals surface area contributed by atoms with Crippen LogP contribution in [0.5, 0.6) is 0 Å². The van der Waals surface area contributed by atoms with Crippen molar-refractivity contribution in [3.63, 3.8) is 0 Å². The second kappa shape index (κ2) is 5.69. The number of carboxylic acid groups (broad SMARTS) is 1. The molecule has 104 valence electrons. The van der Waals surface area contributed by atoms with Crippen molar-refractivity contribution in [3.8, 4) is 0 Å². The lowest BCUT2D eigenvalue weighted by Gasteiger charge is -2.35. The molecule has 0 heterocycles. The highest BCUT2D eigenvalue weighted by Gasteiger charge is 2.41. The van der Waals surface area contributed by atoms with E-state index < -0.39 is 17.1 Å². The zero-order valence-corrected chi connectivity index (χ0v) is 11.4. The van der Waals surface area contributed by atoms with E-state index in [0.717, 1.165) is 19.3 Å². The van der Waals surface area contributed by atoms with Gasteiger partial charge in [0, 0.05) is 7.11 Å². The van der Waals surface area contributed by atoms with Crippen molar-refractivity contribution in [1.82, 2.24) is 5.32 Å². The van der Waals surface area contributed by atoms with Gasteiger partial charge in [-0.25, -0.2) is 4.79 Å². The monoisotopic (exact) mass is 257 g/mol. The number of carboxylic acids is 1. The smallest absolute Gasteiger partial charge is 0.329 e. The SMILES string of the molecule is COC(C)(C)CC(=O)NC1(C(=O)O)CCCCC1. The van der Waals surface area contributed by atoms with Crippen molar-refractivity contribution < 1.29 is 19.4 Å². The van der Waals surface area contributed by atoms with E-state index in [9.17, 15) is 14.7 Å². The molecule has 0 unspecified atom stereocenters. The van der Waals surface area contributed by atoms with Crippen molar-refractivity contribution in [2.45, 2.75) is 63.5 Å². The molecule has 0 bridgehead atoms. The second-order valence-electron chi connectivity index (χ2n) is 5.64. The summed E-state index contributed by atoms with van der Waals surface area (Å²) in [5, 5.41) is 12.1. The number of carbonyl (C=O) groups excluding carboxylic acids is 1. The quantitative estimate of drug-likeness (QED) is 0.786. The predicted octanol–water partition coefficient (Wildman–Crippen LogP) is 1.71. The topological polar surface area (TPSA) is 75.6 Å². The molecule has 1 fully saturated rings. The molecule has 1 aliphatic rings. The first kappa shape index (κ1) is 15.0. The van der Waals surface area contributed by atoms with Crippen molar-refractivity contribution in [2.24, 2.45) is 0 Å². The van der Waals surface area contributed by atoms with Gasteiger partial charge in [0.1, 0.15) is 5.54 Å². The number of amides is 1. The summed E-state index contributed by atoms with van der Waals surface area (Å²) in [6.45, 7) is 3.61. The number of aliphatic carboxylic acids is 1. The van der Waals surface area contributed by atoms with Crippen LogP contribution in [0.1, 0.15) is 52.4 Å². The molecule has 1 rings (SSSR count). The molecule has 5 nitrogen and oxygen atoms in total. The molecule has 0 saturated heterocycles. The molecule has 0 aromatic carbocycles. The molecule has 5 heteroatoms. The van der Waals surface area contributed by atoms with Gasteiger partial charge >= 0.3 is 5.97 Å². The number of ether oxygens (including phenoxy) is 1. The standard InChI is InChI=1S/C13H23NO4/c1-12(2,18-3)9-10(15)14-13(11(16)17)7-5-4-6-8-13/h4-9H2,1-3H3,(H,14,15)(H,16,17). The summed E-state index contributed by atoms with van der Waals surface area (Å²) in [6, 6.07) is 0. The van der Waals surface area contributed by atoms with E-state index in [-0.39, 0.29) is 12.3 Å². The average Bonchev–Trinajstić information content (AvgIpc) is 2.29. The Morgan fingerprint density at radius 2 is 1.83 bits per heavy atom. The maximum Gasteiger partial charge on any atom is 0.329 e. The summed E-state index contributed by atoms with van der Waals surface area (Å²) in [7, 11) is 1.54. The lowest BCUT2D eigenvalue weighted by molar-refractivity contribution is -0.150. The molecule has 0 spiro atoms. The summed E-state index contributed by atoms with van der Waals surface area (Å²) < 4.78 is 5.18. The number of nitrogens with one attached hydrogen (secondary N) is 1. The minimum absolute atomic E-state index is 0.165. The molecule has 1 amide bonds. The van der Waals surface area contributed by atoms with Gasteiger partial charge < -0.3 is 15.2 Å². The van der Waals surface area contributed by atoms with Gasteiger partial charge in [-0.15, -0.1) is 0 Å². The molecule has 1 saturated carbocycles. The van der Waals surface area contributed by atoms with Gasteiger partial charge in [0.25, 0.3) is 0 Å². The van der Waals surface area contributed by atoms with Gasteiger partial charge in [0.05, 0.1) is 12.0 Å². The summed E-state index contributed by atoms with van der Waals surface area (Å²) >= 11 is 0. The largest absolute Gasteiger partial charge is 0.480 e. The molecule has 0 atom stereocenters. The van der Waals surface area contributed by atoms with Crippen LogP contribution in [-0.2, 0) is 14.3 Å². The first-order valence-electron chi connectivity index (χ1n) is 6.41. The summed E-state index contributed by atoms with van der Waals surface area (Å²) in [5.74, 6) is -1.18. The Kier molecular flexibility index (Phi) is 4.73. The lowest BCUT2D eigenvalue weighted by Crippen LogP contribution is -2.56. The van der Waals surface area contributed by atoms with Crippen molar-refractivity contribution in [1.29, 1.82) is 0 Å². The zero-order chi connectivity index (χ0) is 13.8. The Hall–Kier alpha value is -1.10. The van der Waals surface area contributed by atoms with Crippen LogP contribution in [0.3, 0.4) is 0 Å². The molecule has 0 aromatic heterocycles. The van der Waals surface area contributed by atoms with E-state index in [4.69, 9.17) is 4.74 Å². The van der Waals surface area contributed by atoms with Crippen LogP contribution in [0.2, 0.25) is 0 Å². The Morgan fingerprint density at radius 1 is 1.28 bits per heavy atom. The average molecular weight is 257 g/mol. The summed E-state index contributed by atoms with van der Waals surface area (Å²) in [5.41, 5.74) is -1.64. The van der Waals surface area contributed by atoms with Gasteiger partial charge in [-0.05, 0) is 26.7 Å². The van der Waals surface area contributed by atoms with E-state index in [1.807, 2.05) is 0 Å². The van der Waals surface area contributed by atoms with E-state index in [2.05, 4.69) is 5.32 Å². The Balaban J connectivity index is 2.67. The maximum absolute atomic E-state index is 11.9. The number of rotatable bonds is 5. The van der Waals surface area contributed by atoms with Gasteiger partial charge in [-0.2, -0.15) is 0 Å². The fourth-order valence-electron chi connectivity index (χ4n) is 2.32. The third-order valence-electron chi connectivity index (χ3n) is 3.63. The molecule has 18 heavy (non-hydrogen) atoms. The number of hydrogen-bond acceptors (Lipinski definition) is 3. The van der Waals surface area contributed by atoms with Crippen LogP contribution >= 0.6 is 0 Å². The number of carbonyl (C=O) groups is 2. The highest BCUT2D eigenvalue weighted by molar-refractivity contribution is 5.87. The lowest BCUT2D eigenvalue weighted by atomic mass is 9.81. The third kappa shape index (κ3) is 3.70. The van der Waals surface area contributed by atoms with Gasteiger partial charge in [0.15, 0.2) is 0 Å². The summed E-state index contributed by atoms with van der Waals surface area (Å²) in [6.07, 6.45) is 3.93. The molecular weight excluding hydrogens is 234 g/mol. The van der Waals surface area contributed by atoms with Crippen LogP contribution < -0.4 is 5.32 Å². The second-order valence-corrected chi connectivity index (χ2v) is 5.64. The number of hydrogen-bond donors (Lipinski definition) is 2. The maximum atomic E-state index is 11.9. The van der Waals surface area contributed by atoms with E-state index in [0.29, 0.717) is 12.8 Å². The van der Waals surface area contributed by atoms with Gasteiger partial charge in [-0.3, -0.25) is 4.79 Å². The first-order chi connectivity index (χ1) is 8.31. The normalized spacial score (nSPS) is 19.3. The fourth-order valence-corrected chi connectivity index (χ4v) is 2.32. The summed E-state index contributed by atoms with van der Waals surface area (Å²) in [4.78, 5) is 23.3. The van der Waals surface area contributed by atoms with E-state index in [1.54, 1.807) is 21.0 Å². The first-order valence-corrected chi connectivity index (χ1v) is 6.41. The highest BCUT2D eigenvalue weighted by Crippen LogP contribution is 2.29. The Labute approximate surface area is 108 Å². The van der Waals surface area contributed by atoms with Gasteiger partial charge in [0.2, 0.25) is 5.91 Å². The third-order valence-corrected chi connectivity index (χ3v) is 3.63. The minimum atomic E-state index is -1.07. The molecule has 2 N–H and O–H groups in total. The van der Waals surface area contributed by atoms with Crippen molar-refractivity contribution >= 4 is 11.9 Å². The van der Waals surface area contributed by atoms with Gasteiger partial charge in [-0.1, -0.05) is 19.3 Å². The van der Waals surface area contributed by atoms with E-state index in [1.165, 1.54) is 0 Å². The molecule has 0 aliphatic heterocycles. The highest BCUT2D eigenvalue weighted by atomic mass is 16.5. The predicted molar refractivity (Wildman–Crippen MR) is 67.3 cm³/mol. The van der Waals surface area contributed by atoms with Crippen LogP contribution in [0, 0.1) is 0 Å². The molecule has 0 radical (unpaired) electrons. The molecular formula is C13H23NO4.